The Morgan fingerprint density at radius 1 is 0.929 bits per heavy atom. The average molecular weight is 572 g/mol. The van der Waals surface area contributed by atoms with Gasteiger partial charge in [-0.05, 0) is 40.7 Å². The van der Waals surface area contributed by atoms with Gasteiger partial charge in [-0.15, -0.1) is 0 Å². The monoisotopic (exact) mass is 571 g/mol. The van der Waals surface area contributed by atoms with Crippen molar-refractivity contribution in [2.24, 2.45) is 0 Å². The smallest absolute Gasteiger partial charge is 0.408 e. The molecule has 9 nitrogen and oxygen atoms in total. The largest absolute Gasteiger partial charge is 0.480 e. The topological polar surface area (TPSA) is 117 Å². The number of alkyl carbamates (subject to hydrolysis) is 1. The summed E-state index contributed by atoms with van der Waals surface area (Å²) in [7, 11) is 1.48. The van der Waals surface area contributed by atoms with Gasteiger partial charge in [-0.1, -0.05) is 78.9 Å². The van der Waals surface area contributed by atoms with Crippen molar-refractivity contribution in [1.82, 2.24) is 15.5 Å². The van der Waals surface area contributed by atoms with E-state index in [1.807, 2.05) is 54.6 Å². The van der Waals surface area contributed by atoms with Gasteiger partial charge in [-0.2, -0.15) is 0 Å². The molecule has 1 heterocycles. The Balaban J connectivity index is 1.29. The molecule has 3 aromatic carbocycles. The fourth-order valence-corrected chi connectivity index (χ4v) is 5.96. The van der Waals surface area contributed by atoms with Crippen molar-refractivity contribution in [2.45, 2.75) is 43.3 Å². The van der Waals surface area contributed by atoms with Crippen LogP contribution in [0.25, 0.3) is 11.1 Å². The number of hydrogen-bond donors (Lipinski definition) is 3. The van der Waals surface area contributed by atoms with Gasteiger partial charge in [0.15, 0.2) is 0 Å². The first-order valence-corrected chi connectivity index (χ1v) is 14.3. The first-order chi connectivity index (χ1) is 20.4. The molecule has 0 bridgehead atoms. The molecule has 1 atom stereocenters. The van der Waals surface area contributed by atoms with Crippen LogP contribution in [-0.4, -0.2) is 73.0 Å². The van der Waals surface area contributed by atoms with Gasteiger partial charge in [0, 0.05) is 45.7 Å². The fourth-order valence-electron chi connectivity index (χ4n) is 5.96. The standard InChI is InChI=1S/C33H37N3O6/c1-41-20-15-29(30(37)38)34-31(39)33(16-18-36(19-17-33)21-23-9-3-2-4-10-23)35-32(40)42-22-28-26-13-7-5-11-24(26)25-12-6-8-14-27(25)28/h2-14,28-29H,15-22H2,1H3,(H,34,39)(H,35,40)(H,37,38). The molecule has 1 saturated heterocycles. The zero-order valence-corrected chi connectivity index (χ0v) is 23.8. The van der Waals surface area contributed by atoms with Crippen molar-refractivity contribution >= 4 is 18.0 Å². The molecule has 1 aliphatic carbocycles. The van der Waals surface area contributed by atoms with Crippen LogP contribution in [-0.2, 0) is 25.6 Å². The molecule has 2 aliphatic rings. The number of rotatable bonds is 11. The lowest BCUT2D eigenvalue weighted by molar-refractivity contribution is -0.144. The minimum atomic E-state index is -1.31. The van der Waals surface area contributed by atoms with Crippen molar-refractivity contribution in [3.8, 4) is 11.1 Å². The number of carboxylic acid groups (broad SMARTS) is 1. The van der Waals surface area contributed by atoms with E-state index in [-0.39, 0.29) is 25.6 Å². The predicted octanol–water partition coefficient (Wildman–Crippen LogP) is 4.17. The lowest BCUT2D eigenvalue weighted by Crippen LogP contribution is -2.65. The van der Waals surface area contributed by atoms with E-state index in [0.29, 0.717) is 25.9 Å². The van der Waals surface area contributed by atoms with Crippen LogP contribution in [0.2, 0.25) is 0 Å². The number of carboxylic acids is 1. The number of benzene rings is 3. The van der Waals surface area contributed by atoms with Crippen molar-refractivity contribution < 1.29 is 29.0 Å². The normalized spacial score (nSPS) is 16.6. The van der Waals surface area contributed by atoms with Gasteiger partial charge in [-0.3, -0.25) is 9.69 Å². The maximum absolute atomic E-state index is 13.7. The fraction of sp³-hybridized carbons (Fsp3) is 0.364. The highest BCUT2D eigenvalue weighted by Gasteiger charge is 2.44. The highest BCUT2D eigenvalue weighted by molar-refractivity contribution is 5.93. The van der Waals surface area contributed by atoms with Crippen LogP contribution in [0.3, 0.4) is 0 Å². The lowest BCUT2D eigenvalue weighted by Gasteiger charge is -2.41. The molecule has 0 radical (unpaired) electrons. The van der Waals surface area contributed by atoms with Gasteiger partial charge in [0.2, 0.25) is 5.91 Å². The number of piperidine rings is 1. The average Bonchev–Trinajstić information content (AvgIpc) is 3.33. The van der Waals surface area contributed by atoms with E-state index in [9.17, 15) is 19.5 Å². The summed E-state index contributed by atoms with van der Waals surface area (Å²) in [5.41, 5.74) is 4.28. The quantitative estimate of drug-likeness (QED) is 0.316. The minimum Gasteiger partial charge on any atom is -0.480 e. The first-order valence-electron chi connectivity index (χ1n) is 14.3. The first kappa shape index (κ1) is 29.3. The molecular weight excluding hydrogens is 534 g/mol. The number of carbonyl (C=O) groups is 3. The van der Waals surface area contributed by atoms with Gasteiger partial charge in [0.25, 0.3) is 0 Å². The van der Waals surface area contributed by atoms with Crippen LogP contribution in [0, 0.1) is 0 Å². The third kappa shape index (κ3) is 6.48. The van der Waals surface area contributed by atoms with Crippen LogP contribution < -0.4 is 10.6 Å². The molecule has 3 N–H and O–H groups in total. The van der Waals surface area contributed by atoms with Crippen LogP contribution in [0.4, 0.5) is 4.79 Å². The molecule has 2 amide bonds. The SMILES string of the molecule is COCCC(NC(=O)C1(NC(=O)OCC2c3ccccc3-c3ccccc32)CCN(Cc2ccccc2)CC1)C(=O)O. The van der Waals surface area contributed by atoms with Gasteiger partial charge >= 0.3 is 12.1 Å². The summed E-state index contributed by atoms with van der Waals surface area (Å²) in [6.45, 7) is 2.09. The molecule has 0 aromatic heterocycles. The number of carbonyl (C=O) groups excluding carboxylic acids is 2. The summed E-state index contributed by atoms with van der Waals surface area (Å²) in [4.78, 5) is 41.1. The number of fused-ring (bicyclic) bond motifs is 3. The van der Waals surface area contributed by atoms with E-state index in [1.165, 1.54) is 7.11 Å². The summed E-state index contributed by atoms with van der Waals surface area (Å²) in [6, 6.07) is 25.1. The molecule has 0 saturated carbocycles. The van der Waals surface area contributed by atoms with Crippen LogP contribution in [0.5, 0.6) is 0 Å². The highest BCUT2D eigenvalue weighted by atomic mass is 16.5. The molecule has 5 rings (SSSR count). The number of nitrogens with zero attached hydrogens (tertiary/aromatic N) is 1. The summed E-state index contributed by atoms with van der Waals surface area (Å²) in [5.74, 6) is -1.80. The molecule has 0 spiro atoms. The Kier molecular flexibility index (Phi) is 9.19. The number of amides is 2. The Morgan fingerprint density at radius 3 is 2.12 bits per heavy atom. The molecule has 1 aliphatic heterocycles. The third-order valence-corrected chi connectivity index (χ3v) is 8.29. The summed E-state index contributed by atoms with van der Waals surface area (Å²) in [5, 5.41) is 15.2. The number of aliphatic carboxylic acids is 1. The minimum absolute atomic E-state index is 0.110. The van der Waals surface area contributed by atoms with Gasteiger partial charge < -0.3 is 25.2 Å². The second kappa shape index (κ2) is 13.2. The van der Waals surface area contributed by atoms with Crippen molar-refractivity contribution in [2.75, 3.05) is 33.4 Å². The zero-order valence-electron chi connectivity index (χ0n) is 23.8. The Hall–Kier alpha value is -4.21. The van der Waals surface area contributed by atoms with E-state index < -0.39 is 29.6 Å². The van der Waals surface area contributed by atoms with E-state index >= 15 is 0 Å². The Labute approximate surface area is 245 Å². The van der Waals surface area contributed by atoms with E-state index in [1.54, 1.807) is 0 Å². The number of methoxy groups -OCH3 is 1. The Bertz CT molecular complexity index is 1360. The number of likely N-dealkylation sites (tertiary alicyclic amines) is 1. The molecule has 1 unspecified atom stereocenters. The van der Waals surface area contributed by atoms with Gasteiger partial charge in [0.1, 0.15) is 18.2 Å². The second-order valence-corrected chi connectivity index (χ2v) is 10.9. The Morgan fingerprint density at radius 2 is 1.52 bits per heavy atom. The summed E-state index contributed by atoms with van der Waals surface area (Å²) >= 11 is 0. The third-order valence-electron chi connectivity index (χ3n) is 8.29. The molecule has 42 heavy (non-hydrogen) atoms. The zero-order chi connectivity index (χ0) is 29.5. The maximum atomic E-state index is 13.7. The molecular formula is C33H37N3O6. The predicted molar refractivity (Wildman–Crippen MR) is 158 cm³/mol. The molecule has 220 valence electrons. The highest BCUT2D eigenvalue weighted by Crippen LogP contribution is 2.44. The maximum Gasteiger partial charge on any atom is 0.408 e. The molecule has 9 heteroatoms. The van der Waals surface area contributed by atoms with E-state index in [0.717, 1.165) is 34.4 Å². The van der Waals surface area contributed by atoms with Crippen LogP contribution in [0.1, 0.15) is 41.9 Å². The van der Waals surface area contributed by atoms with Gasteiger partial charge in [0.05, 0.1) is 0 Å². The van der Waals surface area contributed by atoms with Crippen molar-refractivity contribution in [1.29, 1.82) is 0 Å². The summed E-state index contributed by atoms with van der Waals surface area (Å²) < 4.78 is 10.8. The second-order valence-electron chi connectivity index (χ2n) is 10.9. The van der Waals surface area contributed by atoms with E-state index in [4.69, 9.17) is 9.47 Å². The van der Waals surface area contributed by atoms with Gasteiger partial charge in [-0.25, -0.2) is 9.59 Å². The van der Waals surface area contributed by atoms with Crippen LogP contribution in [0.15, 0.2) is 78.9 Å². The van der Waals surface area contributed by atoms with E-state index in [2.05, 4.69) is 39.8 Å². The molecule has 1 fully saturated rings. The van der Waals surface area contributed by atoms with Crippen molar-refractivity contribution in [3.63, 3.8) is 0 Å². The number of ether oxygens (including phenoxy) is 2. The van der Waals surface area contributed by atoms with Crippen LogP contribution >= 0.6 is 0 Å². The number of nitrogens with one attached hydrogen (secondary N) is 2. The summed E-state index contributed by atoms with van der Waals surface area (Å²) in [6.07, 6.45) is 0.0322. The number of hydrogen-bond acceptors (Lipinski definition) is 6. The van der Waals surface area contributed by atoms with Crippen molar-refractivity contribution in [3.05, 3.63) is 95.6 Å². The lowest BCUT2D eigenvalue weighted by atomic mass is 9.86. The molecule has 3 aromatic rings.